The van der Waals surface area contributed by atoms with Gasteiger partial charge in [-0.05, 0) is 170 Å². The predicted molar refractivity (Wildman–Crippen MR) is 301 cm³/mol. The molecule has 0 spiro atoms. The second-order valence-electron chi connectivity index (χ2n) is 22.2. The molecule has 4 heterocycles. The van der Waals surface area contributed by atoms with Gasteiger partial charge in [0.2, 0.25) is 0 Å². The van der Waals surface area contributed by atoms with Gasteiger partial charge >= 0.3 is 0 Å². The van der Waals surface area contributed by atoms with Gasteiger partial charge in [0, 0.05) is 51.9 Å². The van der Waals surface area contributed by atoms with Gasteiger partial charge in [-0.15, -0.1) is 0 Å². The lowest BCUT2D eigenvalue weighted by molar-refractivity contribution is 0.0900. The van der Waals surface area contributed by atoms with E-state index in [2.05, 4.69) is 248 Å². The van der Waals surface area contributed by atoms with E-state index < -0.39 is 0 Å². The van der Waals surface area contributed by atoms with E-state index in [1.165, 1.54) is 133 Å². The molecule has 4 bridgehead atoms. The van der Waals surface area contributed by atoms with E-state index in [0.717, 1.165) is 17.5 Å². The summed E-state index contributed by atoms with van der Waals surface area (Å²) in [6, 6.07) is 81.7. The van der Waals surface area contributed by atoms with Crippen molar-refractivity contribution in [1.82, 2.24) is 0 Å². The zero-order valence-corrected chi connectivity index (χ0v) is 41.0. The third-order valence-corrected chi connectivity index (χ3v) is 16.9. The minimum Gasteiger partial charge on any atom is -0.365 e. The normalized spacial score (nSPS) is 19.4. The molecule has 2 saturated carbocycles. The van der Waals surface area contributed by atoms with E-state index in [9.17, 15) is 0 Å². The van der Waals surface area contributed by atoms with Crippen molar-refractivity contribution in [3.63, 3.8) is 0 Å². The summed E-state index contributed by atoms with van der Waals surface area (Å²) in [6.07, 6.45) is 6.77. The third kappa shape index (κ3) is 7.16. The highest BCUT2D eigenvalue weighted by atomic mass is 15.2. The summed E-state index contributed by atoms with van der Waals surface area (Å²) in [6.45, 7) is 6.92. The maximum atomic E-state index is 2.87. The van der Waals surface area contributed by atoms with E-state index >= 15 is 0 Å². The largest absolute Gasteiger partial charge is 0.365 e. The molecule has 4 aliphatic heterocycles. The van der Waals surface area contributed by atoms with Crippen LogP contribution in [0.3, 0.4) is 0 Å². The predicted octanol–water partition coefficient (Wildman–Crippen LogP) is 15.5. The van der Waals surface area contributed by atoms with Crippen LogP contribution in [0.1, 0.15) is 58.4 Å². The van der Waals surface area contributed by atoms with Crippen molar-refractivity contribution in [2.45, 2.75) is 70.4 Å². The van der Waals surface area contributed by atoms with Gasteiger partial charge in [0.15, 0.2) is 0 Å². The van der Waals surface area contributed by atoms with Crippen LogP contribution < -0.4 is 31.1 Å². The van der Waals surface area contributed by atoms with Gasteiger partial charge in [0.1, 0.15) is 0 Å². The molecule has 0 radical (unpaired) electrons. The van der Waals surface area contributed by atoms with Crippen LogP contribution in [-0.4, -0.2) is 18.8 Å². The Bertz CT molecular complexity index is 3440. The molecule has 2 aliphatic carbocycles. The van der Waals surface area contributed by atoms with Gasteiger partial charge in [0.25, 0.3) is 6.71 Å². The molecule has 9 aromatic carbocycles. The van der Waals surface area contributed by atoms with Crippen LogP contribution in [0.5, 0.6) is 0 Å². The van der Waals surface area contributed by atoms with Gasteiger partial charge in [-0.3, -0.25) is 0 Å². The van der Waals surface area contributed by atoms with Crippen LogP contribution in [0, 0.1) is 11.8 Å². The number of hydrogen-bond donors (Lipinski definition) is 0. The van der Waals surface area contributed by atoms with Crippen LogP contribution in [-0.2, 0) is 5.41 Å². The molecule has 0 unspecified atom stereocenters. The number of hydrogen-bond acceptors (Lipinski definition) is 3. The first-order chi connectivity index (χ1) is 34.8. The molecular formula is C67H58BN3. The van der Waals surface area contributed by atoms with Crippen molar-refractivity contribution in [3.05, 3.63) is 218 Å². The average molecular weight is 916 g/mol. The smallest absolute Gasteiger partial charge is 0.252 e. The van der Waals surface area contributed by atoms with Crippen molar-refractivity contribution in [3.8, 4) is 44.5 Å². The Kier molecular flexibility index (Phi) is 9.85. The van der Waals surface area contributed by atoms with Crippen molar-refractivity contribution in [1.29, 1.82) is 0 Å². The lowest BCUT2D eigenvalue weighted by atomic mass is 9.33. The van der Waals surface area contributed by atoms with Crippen LogP contribution in [0.15, 0.2) is 212 Å². The number of anilines is 7. The standard InChI is InChI=1S/C67H58BN3/c1-67(2,3)54-27-22-50(23-28-54)53-41-64-66-65(42-53)71(56-21-13-20-51(39-56)47-16-9-5-10-17-47)62-40-52(48-18-11-6-12-19-48)26-32-60(62)68(66)61-33-31-57(69-58-35-44-34-45(37-58)38-59(69)36-44)43-63(61)70(64)55-29-24-49(25-30-55)46-14-7-4-8-15-46/h4-33,39-45,58-59H,34-38H2,1-3H3. The molecule has 0 amide bonds. The number of rotatable bonds is 7. The lowest BCUT2D eigenvalue weighted by Gasteiger charge is -2.57. The van der Waals surface area contributed by atoms with Gasteiger partial charge in [0.05, 0.1) is 0 Å². The Labute approximate surface area is 420 Å². The first kappa shape index (κ1) is 42.3. The number of piperidine rings is 2. The van der Waals surface area contributed by atoms with E-state index in [-0.39, 0.29) is 12.1 Å². The molecule has 0 atom stereocenters. The molecule has 344 valence electrons. The minimum absolute atomic E-state index is 0.00286. The zero-order valence-electron chi connectivity index (χ0n) is 41.0. The van der Waals surface area contributed by atoms with E-state index in [1.807, 2.05) is 0 Å². The summed E-state index contributed by atoms with van der Waals surface area (Å²) in [5.41, 5.74) is 23.8. The minimum atomic E-state index is 0.00286. The lowest BCUT2D eigenvalue weighted by Crippen LogP contribution is -2.61. The first-order valence-corrected chi connectivity index (χ1v) is 26.1. The molecule has 0 N–H and O–H groups in total. The Balaban J connectivity index is 1.04. The SMILES string of the molecule is CC(C)(C)c1ccc(-c2cc3c4c(c2)N(c2ccc(-c5ccccc5)cc2)c2cc(N5C6CC7CC(C6)CC5C7)ccc2B4c2ccc(-c4ccccc4)cc2N3c2cccc(-c3ccccc3)c2)cc1. The Morgan fingerprint density at radius 2 is 0.789 bits per heavy atom. The fraction of sp³-hybridized carbons (Fsp3) is 0.194. The Hall–Kier alpha value is -7.56. The maximum Gasteiger partial charge on any atom is 0.252 e. The third-order valence-electron chi connectivity index (χ3n) is 16.9. The molecule has 6 aliphatic rings. The quantitative estimate of drug-likeness (QED) is 0.148. The molecule has 71 heavy (non-hydrogen) atoms. The summed E-state index contributed by atoms with van der Waals surface area (Å²) in [7, 11) is 0. The van der Waals surface area contributed by atoms with Gasteiger partial charge < -0.3 is 14.7 Å². The first-order valence-electron chi connectivity index (χ1n) is 26.1. The number of nitrogens with zero attached hydrogens (tertiary/aromatic N) is 3. The number of benzene rings is 9. The second-order valence-corrected chi connectivity index (χ2v) is 22.2. The number of fused-ring (bicyclic) bond motifs is 4. The van der Waals surface area contributed by atoms with Crippen LogP contribution in [0.25, 0.3) is 44.5 Å². The van der Waals surface area contributed by atoms with Crippen LogP contribution in [0.4, 0.5) is 39.8 Å². The molecular weight excluding hydrogens is 858 g/mol. The molecule has 9 aromatic rings. The van der Waals surface area contributed by atoms with E-state index in [4.69, 9.17) is 0 Å². The maximum absolute atomic E-state index is 2.87. The summed E-state index contributed by atoms with van der Waals surface area (Å²) in [5.74, 6) is 1.78. The summed E-state index contributed by atoms with van der Waals surface area (Å²) in [4.78, 5) is 8.10. The summed E-state index contributed by atoms with van der Waals surface area (Å²) < 4.78 is 0. The molecule has 4 heteroatoms. The van der Waals surface area contributed by atoms with Gasteiger partial charge in [-0.2, -0.15) is 0 Å². The fourth-order valence-electron chi connectivity index (χ4n) is 13.7. The van der Waals surface area contributed by atoms with Crippen molar-refractivity contribution >= 4 is 62.9 Å². The topological polar surface area (TPSA) is 9.72 Å². The Morgan fingerprint density at radius 1 is 0.352 bits per heavy atom. The van der Waals surface area contributed by atoms with Gasteiger partial charge in [-0.1, -0.05) is 178 Å². The summed E-state index contributed by atoms with van der Waals surface area (Å²) >= 11 is 0. The zero-order chi connectivity index (χ0) is 47.4. The van der Waals surface area contributed by atoms with Crippen molar-refractivity contribution < 1.29 is 0 Å². The van der Waals surface area contributed by atoms with Gasteiger partial charge in [-0.25, -0.2) is 0 Å². The van der Waals surface area contributed by atoms with Crippen molar-refractivity contribution in [2.75, 3.05) is 14.7 Å². The molecule has 3 nitrogen and oxygen atoms in total. The average Bonchev–Trinajstić information content (AvgIpc) is 3.41. The monoisotopic (exact) mass is 915 g/mol. The van der Waals surface area contributed by atoms with Crippen molar-refractivity contribution in [2.24, 2.45) is 11.8 Å². The van der Waals surface area contributed by atoms with E-state index in [0.29, 0.717) is 12.1 Å². The molecule has 15 rings (SSSR count). The fourth-order valence-corrected chi connectivity index (χ4v) is 13.7. The summed E-state index contributed by atoms with van der Waals surface area (Å²) in [5, 5.41) is 0. The van der Waals surface area contributed by atoms with Crippen LogP contribution >= 0.6 is 0 Å². The molecule has 2 saturated heterocycles. The highest BCUT2D eigenvalue weighted by Gasteiger charge is 2.48. The Morgan fingerprint density at radius 3 is 1.38 bits per heavy atom. The molecule has 4 fully saturated rings. The van der Waals surface area contributed by atoms with Crippen LogP contribution in [0.2, 0.25) is 0 Å². The highest BCUT2D eigenvalue weighted by Crippen LogP contribution is 2.53. The van der Waals surface area contributed by atoms with E-state index in [1.54, 1.807) is 0 Å². The molecule has 0 aromatic heterocycles. The highest BCUT2D eigenvalue weighted by molar-refractivity contribution is 7.00. The second kappa shape index (κ2) is 16.5.